The van der Waals surface area contributed by atoms with Crippen LogP contribution in [0.3, 0.4) is 0 Å². The zero-order valence-corrected chi connectivity index (χ0v) is 12.8. The van der Waals surface area contributed by atoms with Crippen LogP contribution >= 0.6 is 27.5 Å². The molecule has 1 aliphatic rings. The smallest absolute Gasteiger partial charge is 0.253 e. The quantitative estimate of drug-likeness (QED) is 0.788. The Labute approximate surface area is 121 Å². The first-order chi connectivity index (χ1) is 8.61. The van der Waals surface area contributed by atoms with Gasteiger partial charge in [0.1, 0.15) is 0 Å². The number of piperidine rings is 1. The number of hydrogen-bond donors (Lipinski definition) is 0. The second kappa shape index (κ2) is 6.07. The minimum atomic E-state index is 0.0996. The topological polar surface area (TPSA) is 20.3 Å². The lowest BCUT2D eigenvalue weighted by Gasteiger charge is -2.32. The van der Waals surface area contributed by atoms with Gasteiger partial charge in [-0.2, -0.15) is 0 Å². The van der Waals surface area contributed by atoms with E-state index in [1.807, 2.05) is 17.0 Å². The number of carbonyl (C=O) groups is 1. The summed E-state index contributed by atoms with van der Waals surface area (Å²) in [6.45, 7) is 3.93. The van der Waals surface area contributed by atoms with Crippen molar-refractivity contribution in [1.82, 2.24) is 4.90 Å². The summed E-state index contributed by atoms with van der Waals surface area (Å²) in [5.41, 5.74) is 0.681. The van der Waals surface area contributed by atoms with Gasteiger partial charge in [0.05, 0.1) is 5.02 Å². The third kappa shape index (κ3) is 3.07. The molecule has 1 amide bonds. The van der Waals surface area contributed by atoms with Gasteiger partial charge in [-0.3, -0.25) is 4.79 Å². The number of rotatable bonds is 2. The molecule has 1 saturated heterocycles. The van der Waals surface area contributed by atoms with Crippen LogP contribution in [0.4, 0.5) is 0 Å². The Morgan fingerprint density at radius 2 is 2.33 bits per heavy atom. The second-order valence-corrected chi connectivity index (χ2v) is 6.06. The van der Waals surface area contributed by atoms with E-state index in [-0.39, 0.29) is 5.91 Å². The fourth-order valence-corrected chi connectivity index (χ4v) is 2.82. The van der Waals surface area contributed by atoms with Crippen molar-refractivity contribution in [2.24, 2.45) is 5.92 Å². The van der Waals surface area contributed by atoms with Gasteiger partial charge in [0.2, 0.25) is 0 Å². The van der Waals surface area contributed by atoms with Gasteiger partial charge >= 0.3 is 0 Å². The van der Waals surface area contributed by atoms with Crippen LogP contribution in [0, 0.1) is 5.92 Å². The van der Waals surface area contributed by atoms with Gasteiger partial charge in [-0.15, -0.1) is 0 Å². The molecule has 4 heteroatoms. The summed E-state index contributed by atoms with van der Waals surface area (Å²) in [6, 6.07) is 5.40. The van der Waals surface area contributed by atoms with E-state index in [1.54, 1.807) is 6.07 Å². The summed E-state index contributed by atoms with van der Waals surface area (Å²) in [6.07, 6.45) is 3.49. The summed E-state index contributed by atoms with van der Waals surface area (Å²) in [7, 11) is 0. The molecule has 0 aliphatic carbocycles. The van der Waals surface area contributed by atoms with Crippen molar-refractivity contribution in [3.8, 4) is 0 Å². The van der Waals surface area contributed by atoms with Gasteiger partial charge in [0.15, 0.2) is 0 Å². The van der Waals surface area contributed by atoms with E-state index >= 15 is 0 Å². The van der Waals surface area contributed by atoms with Gasteiger partial charge in [-0.25, -0.2) is 0 Å². The highest BCUT2D eigenvalue weighted by Crippen LogP contribution is 2.25. The zero-order valence-electron chi connectivity index (χ0n) is 10.5. The third-order valence-electron chi connectivity index (χ3n) is 3.55. The van der Waals surface area contributed by atoms with Crippen molar-refractivity contribution in [2.75, 3.05) is 13.1 Å². The number of carbonyl (C=O) groups excluding carboxylic acids is 1. The van der Waals surface area contributed by atoms with E-state index < -0.39 is 0 Å². The maximum Gasteiger partial charge on any atom is 0.253 e. The monoisotopic (exact) mass is 329 g/mol. The maximum atomic E-state index is 12.4. The Morgan fingerprint density at radius 3 is 3.00 bits per heavy atom. The fourth-order valence-electron chi connectivity index (χ4n) is 2.39. The van der Waals surface area contributed by atoms with E-state index in [9.17, 15) is 4.79 Å². The minimum absolute atomic E-state index is 0.0996. The van der Waals surface area contributed by atoms with Crippen LogP contribution in [0.2, 0.25) is 5.02 Å². The molecular formula is C14H17BrClNO. The number of likely N-dealkylation sites (tertiary alicyclic amines) is 1. The molecule has 18 heavy (non-hydrogen) atoms. The molecule has 98 valence electrons. The number of halogens is 2. The van der Waals surface area contributed by atoms with Crippen LogP contribution in [0.1, 0.15) is 36.5 Å². The van der Waals surface area contributed by atoms with Crippen LogP contribution in [0.5, 0.6) is 0 Å². The predicted octanol–water partition coefficient (Wildman–Crippen LogP) is 4.36. The highest BCUT2D eigenvalue weighted by Gasteiger charge is 2.23. The average Bonchev–Trinajstić information content (AvgIpc) is 2.41. The molecule has 2 nitrogen and oxygen atoms in total. The molecule has 0 aromatic heterocycles. The van der Waals surface area contributed by atoms with E-state index in [0.717, 1.165) is 30.4 Å². The van der Waals surface area contributed by atoms with E-state index in [1.165, 1.54) is 6.42 Å². The zero-order chi connectivity index (χ0) is 13.1. The molecular weight excluding hydrogens is 314 g/mol. The lowest BCUT2D eigenvalue weighted by molar-refractivity contribution is 0.0671. The largest absolute Gasteiger partial charge is 0.338 e. The van der Waals surface area contributed by atoms with Gasteiger partial charge < -0.3 is 4.90 Å². The van der Waals surface area contributed by atoms with E-state index in [4.69, 9.17) is 11.6 Å². The van der Waals surface area contributed by atoms with E-state index in [2.05, 4.69) is 22.9 Å². The normalized spacial score (nSPS) is 19.9. The Bertz CT molecular complexity index is 449. The van der Waals surface area contributed by atoms with Crippen LogP contribution in [-0.4, -0.2) is 23.9 Å². The highest BCUT2D eigenvalue weighted by molar-refractivity contribution is 9.10. The van der Waals surface area contributed by atoms with Gasteiger partial charge in [-0.1, -0.05) is 24.9 Å². The van der Waals surface area contributed by atoms with Crippen LogP contribution in [0.25, 0.3) is 0 Å². The van der Waals surface area contributed by atoms with Crippen molar-refractivity contribution in [3.05, 3.63) is 33.3 Å². The lowest BCUT2D eigenvalue weighted by atomic mass is 9.95. The fraction of sp³-hybridized carbons (Fsp3) is 0.500. The molecule has 1 unspecified atom stereocenters. The Morgan fingerprint density at radius 1 is 1.56 bits per heavy atom. The van der Waals surface area contributed by atoms with Crippen molar-refractivity contribution in [3.63, 3.8) is 0 Å². The first-order valence-electron chi connectivity index (χ1n) is 6.36. The molecule has 2 rings (SSSR count). The Kier molecular flexibility index (Phi) is 4.68. The Hall–Kier alpha value is -0.540. The van der Waals surface area contributed by atoms with Crippen molar-refractivity contribution in [1.29, 1.82) is 0 Å². The van der Waals surface area contributed by atoms with Crippen molar-refractivity contribution < 1.29 is 4.79 Å². The third-order valence-corrected chi connectivity index (χ3v) is 4.78. The first-order valence-corrected chi connectivity index (χ1v) is 7.53. The van der Waals surface area contributed by atoms with Crippen LogP contribution in [-0.2, 0) is 0 Å². The summed E-state index contributed by atoms with van der Waals surface area (Å²) >= 11 is 9.37. The summed E-state index contributed by atoms with van der Waals surface area (Å²) in [4.78, 5) is 14.3. The van der Waals surface area contributed by atoms with Crippen molar-refractivity contribution >= 4 is 33.4 Å². The highest BCUT2D eigenvalue weighted by atomic mass is 79.9. The molecule has 1 aliphatic heterocycles. The van der Waals surface area contributed by atoms with Crippen LogP contribution in [0.15, 0.2) is 22.7 Å². The molecule has 0 spiro atoms. The SMILES string of the molecule is CCC1CCCN(C(=O)c2ccc(Br)c(Cl)c2)C1. The molecule has 1 fully saturated rings. The van der Waals surface area contributed by atoms with Gasteiger partial charge in [-0.05, 0) is 52.9 Å². The second-order valence-electron chi connectivity index (χ2n) is 4.80. The molecule has 1 aromatic carbocycles. The molecule has 1 aromatic rings. The standard InChI is InChI=1S/C14H17BrClNO/c1-2-10-4-3-7-17(9-10)14(18)11-5-6-12(15)13(16)8-11/h5-6,8,10H,2-4,7,9H2,1H3. The molecule has 0 bridgehead atoms. The minimum Gasteiger partial charge on any atom is -0.338 e. The molecule has 0 radical (unpaired) electrons. The van der Waals surface area contributed by atoms with Crippen molar-refractivity contribution in [2.45, 2.75) is 26.2 Å². The molecule has 0 saturated carbocycles. The Balaban J connectivity index is 2.12. The first kappa shape index (κ1) is 13.9. The molecule has 1 heterocycles. The van der Waals surface area contributed by atoms with Crippen LogP contribution < -0.4 is 0 Å². The summed E-state index contributed by atoms with van der Waals surface area (Å²) in [5, 5.41) is 0.588. The van der Waals surface area contributed by atoms with E-state index in [0.29, 0.717) is 16.5 Å². The average molecular weight is 331 g/mol. The number of hydrogen-bond acceptors (Lipinski definition) is 1. The lowest BCUT2D eigenvalue weighted by Crippen LogP contribution is -2.39. The molecule has 1 atom stereocenters. The number of nitrogens with zero attached hydrogens (tertiary/aromatic N) is 1. The predicted molar refractivity (Wildman–Crippen MR) is 78.1 cm³/mol. The molecule has 0 N–H and O–H groups in total. The summed E-state index contributed by atoms with van der Waals surface area (Å²) < 4.78 is 0.825. The number of amides is 1. The van der Waals surface area contributed by atoms with Gasteiger partial charge in [0, 0.05) is 23.1 Å². The number of benzene rings is 1. The maximum absolute atomic E-state index is 12.4. The summed E-state index contributed by atoms with van der Waals surface area (Å²) in [5.74, 6) is 0.746. The van der Waals surface area contributed by atoms with Gasteiger partial charge in [0.25, 0.3) is 5.91 Å².